The second-order valence-corrected chi connectivity index (χ2v) is 4.89. The highest BCUT2D eigenvalue weighted by Crippen LogP contribution is 2.32. The van der Waals surface area contributed by atoms with Crippen molar-refractivity contribution in [2.75, 3.05) is 7.11 Å². The Labute approximate surface area is 104 Å². The van der Waals surface area contributed by atoms with Crippen LogP contribution in [0.1, 0.15) is 44.6 Å². The van der Waals surface area contributed by atoms with Crippen LogP contribution < -0.4 is 4.74 Å². The number of methoxy groups -OCH3 is 1. The summed E-state index contributed by atoms with van der Waals surface area (Å²) in [6.07, 6.45) is 8.98. The van der Waals surface area contributed by atoms with E-state index in [2.05, 4.69) is 25.1 Å². The molecule has 0 aromatic heterocycles. The first kappa shape index (κ1) is 12.2. The first-order chi connectivity index (χ1) is 8.33. The second-order valence-electron chi connectivity index (χ2n) is 4.89. The molecule has 1 atom stereocenters. The van der Waals surface area contributed by atoms with Crippen LogP contribution in [0.2, 0.25) is 0 Å². The largest absolute Gasteiger partial charge is 0.497 e. The van der Waals surface area contributed by atoms with Crippen LogP contribution in [-0.4, -0.2) is 7.11 Å². The average Bonchev–Trinajstić information content (AvgIpc) is 2.40. The van der Waals surface area contributed by atoms with Crippen molar-refractivity contribution >= 4 is 5.57 Å². The van der Waals surface area contributed by atoms with Gasteiger partial charge in [0.25, 0.3) is 0 Å². The maximum atomic E-state index is 5.19. The Bertz CT molecular complexity index is 375. The molecule has 1 aromatic carbocycles. The summed E-state index contributed by atoms with van der Waals surface area (Å²) < 4.78 is 5.19. The minimum Gasteiger partial charge on any atom is -0.497 e. The van der Waals surface area contributed by atoms with Crippen molar-refractivity contribution in [1.29, 1.82) is 0 Å². The molecule has 0 radical (unpaired) electrons. The van der Waals surface area contributed by atoms with Crippen LogP contribution in [0.3, 0.4) is 0 Å². The van der Waals surface area contributed by atoms with Crippen molar-refractivity contribution in [3.05, 3.63) is 35.9 Å². The molecule has 0 bridgehead atoms. The minimum absolute atomic E-state index is 0.919. The van der Waals surface area contributed by atoms with Gasteiger partial charge in [-0.25, -0.2) is 0 Å². The molecule has 2 rings (SSSR count). The average molecular weight is 230 g/mol. The fourth-order valence-corrected chi connectivity index (χ4v) is 2.63. The molecule has 1 aromatic rings. The third-order valence-corrected chi connectivity index (χ3v) is 3.68. The van der Waals surface area contributed by atoms with Crippen LogP contribution in [0.5, 0.6) is 5.75 Å². The molecule has 0 amide bonds. The number of ether oxygens (including phenoxy) is 1. The van der Waals surface area contributed by atoms with Gasteiger partial charge in [-0.2, -0.15) is 0 Å². The normalized spacial score (nSPS) is 19.9. The molecule has 92 valence electrons. The third-order valence-electron chi connectivity index (χ3n) is 3.68. The van der Waals surface area contributed by atoms with Gasteiger partial charge in [0.05, 0.1) is 7.11 Å². The Balaban J connectivity index is 2.03. The highest BCUT2D eigenvalue weighted by atomic mass is 16.5. The monoisotopic (exact) mass is 230 g/mol. The maximum absolute atomic E-state index is 5.19. The lowest BCUT2D eigenvalue weighted by Crippen LogP contribution is -2.04. The van der Waals surface area contributed by atoms with Gasteiger partial charge in [0.2, 0.25) is 0 Å². The van der Waals surface area contributed by atoms with Gasteiger partial charge < -0.3 is 4.74 Å². The molecule has 0 heterocycles. The first-order valence-corrected chi connectivity index (χ1v) is 6.67. The number of hydrogen-bond donors (Lipinski definition) is 0. The lowest BCUT2D eigenvalue weighted by molar-refractivity contribution is 0.414. The summed E-state index contributed by atoms with van der Waals surface area (Å²) in [5.74, 6) is 1.86. The van der Waals surface area contributed by atoms with Crippen molar-refractivity contribution < 1.29 is 4.74 Å². The van der Waals surface area contributed by atoms with Crippen LogP contribution >= 0.6 is 0 Å². The summed E-state index contributed by atoms with van der Waals surface area (Å²) in [4.78, 5) is 0. The molecule has 0 fully saturated rings. The van der Waals surface area contributed by atoms with E-state index in [-0.39, 0.29) is 0 Å². The molecule has 17 heavy (non-hydrogen) atoms. The first-order valence-electron chi connectivity index (χ1n) is 6.67. The highest BCUT2D eigenvalue weighted by Gasteiger charge is 2.14. The summed E-state index contributed by atoms with van der Waals surface area (Å²) in [6.45, 7) is 2.28. The van der Waals surface area contributed by atoms with E-state index in [0.717, 1.165) is 11.7 Å². The van der Waals surface area contributed by atoms with Crippen molar-refractivity contribution in [2.24, 2.45) is 5.92 Å². The van der Waals surface area contributed by atoms with Gasteiger partial charge >= 0.3 is 0 Å². The molecule has 1 aliphatic rings. The molecule has 0 aliphatic heterocycles. The third kappa shape index (κ3) is 3.12. The predicted octanol–water partition coefficient (Wildman–Crippen LogP) is 4.68. The SMILES string of the molecule is CCCC1CC=C(c2ccc(OC)cc2)CC1. The summed E-state index contributed by atoms with van der Waals surface area (Å²) in [5.41, 5.74) is 2.88. The Morgan fingerprint density at radius 3 is 2.53 bits per heavy atom. The summed E-state index contributed by atoms with van der Waals surface area (Å²) in [5, 5.41) is 0. The molecule has 1 aliphatic carbocycles. The van der Waals surface area contributed by atoms with E-state index in [9.17, 15) is 0 Å². The van der Waals surface area contributed by atoms with Gasteiger partial charge in [-0.15, -0.1) is 0 Å². The van der Waals surface area contributed by atoms with Crippen LogP contribution in [0.15, 0.2) is 30.3 Å². The standard InChI is InChI=1S/C16H22O/c1-3-4-13-5-7-14(8-6-13)15-9-11-16(17-2)12-10-15/h7,9-13H,3-6,8H2,1-2H3. The molecular weight excluding hydrogens is 208 g/mol. The number of benzene rings is 1. The molecule has 0 saturated carbocycles. The van der Waals surface area contributed by atoms with E-state index in [1.54, 1.807) is 7.11 Å². The quantitative estimate of drug-likeness (QED) is 0.729. The van der Waals surface area contributed by atoms with Crippen LogP contribution in [0, 0.1) is 5.92 Å². The van der Waals surface area contributed by atoms with Crippen LogP contribution in [0.4, 0.5) is 0 Å². The molecule has 1 nitrogen and oxygen atoms in total. The number of allylic oxidation sites excluding steroid dienone is 2. The Kier molecular flexibility index (Phi) is 4.24. The Morgan fingerprint density at radius 1 is 1.24 bits per heavy atom. The van der Waals surface area contributed by atoms with Gasteiger partial charge in [-0.1, -0.05) is 38.0 Å². The van der Waals surface area contributed by atoms with Gasteiger partial charge in [0.1, 0.15) is 5.75 Å². The fraction of sp³-hybridized carbons (Fsp3) is 0.500. The summed E-state index contributed by atoms with van der Waals surface area (Å²) >= 11 is 0. The minimum atomic E-state index is 0.919. The second kappa shape index (κ2) is 5.90. The summed E-state index contributed by atoms with van der Waals surface area (Å²) in [7, 11) is 1.71. The van der Waals surface area contributed by atoms with Gasteiger partial charge in [0, 0.05) is 0 Å². The highest BCUT2D eigenvalue weighted by molar-refractivity contribution is 5.66. The lowest BCUT2D eigenvalue weighted by atomic mass is 9.84. The van der Waals surface area contributed by atoms with Crippen molar-refractivity contribution in [3.8, 4) is 5.75 Å². The van der Waals surface area contributed by atoms with E-state index >= 15 is 0 Å². The zero-order valence-electron chi connectivity index (χ0n) is 10.9. The van der Waals surface area contributed by atoms with Crippen LogP contribution in [-0.2, 0) is 0 Å². The van der Waals surface area contributed by atoms with Gasteiger partial charge in [0.15, 0.2) is 0 Å². The van der Waals surface area contributed by atoms with Gasteiger partial charge in [-0.3, -0.25) is 0 Å². The Morgan fingerprint density at radius 2 is 2.00 bits per heavy atom. The van der Waals surface area contributed by atoms with E-state index in [0.29, 0.717) is 0 Å². The zero-order valence-corrected chi connectivity index (χ0v) is 10.9. The zero-order chi connectivity index (χ0) is 12.1. The smallest absolute Gasteiger partial charge is 0.118 e. The van der Waals surface area contributed by atoms with Crippen molar-refractivity contribution in [3.63, 3.8) is 0 Å². The lowest BCUT2D eigenvalue weighted by Gasteiger charge is -2.21. The number of rotatable bonds is 4. The summed E-state index contributed by atoms with van der Waals surface area (Å²) in [6, 6.07) is 8.44. The van der Waals surface area contributed by atoms with Crippen molar-refractivity contribution in [1.82, 2.24) is 0 Å². The van der Waals surface area contributed by atoms with E-state index in [1.807, 2.05) is 12.1 Å². The van der Waals surface area contributed by atoms with E-state index in [4.69, 9.17) is 4.74 Å². The molecule has 0 spiro atoms. The Hall–Kier alpha value is -1.24. The maximum Gasteiger partial charge on any atom is 0.118 e. The molecule has 1 unspecified atom stereocenters. The van der Waals surface area contributed by atoms with Crippen molar-refractivity contribution in [2.45, 2.75) is 39.0 Å². The molecule has 0 N–H and O–H groups in total. The molecular formula is C16H22O. The van der Waals surface area contributed by atoms with Gasteiger partial charge in [-0.05, 0) is 48.4 Å². The predicted molar refractivity (Wildman–Crippen MR) is 73.2 cm³/mol. The van der Waals surface area contributed by atoms with E-state index < -0.39 is 0 Å². The topological polar surface area (TPSA) is 9.23 Å². The van der Waals surface area contributed by atoms with E-state index in [1.165, 1.54) is 43.2 Å². The molecule has 1 heteroatoms. The van der Waals surface area contributed by atoms with Crippen LogP contribution in [0.25, 0.3) is 5.57 Å². The fourth-order valence-electron chi connectivity index (χ4n) is 2.63. The molecule has 0 saturated heterocycles. The number of hydrogen-bond acceptors (Lipinski definition) is 1.